The van der Waals surface area contributed by atoms with Crippen LogP contribution in [0.4, 0.5) is 0 Å². The molecule has 3 unspecified atom stereocenters. The van der Waals surface area contributed by atoms with E-state index in [1.54, 1.807) is 6.92 Å². The number of hydrogen-bond acceptors (Lipinski definition) is 2. The molecule has 0 aromatic carbocycles. The lowest BCUT2D eigenvalue weighted by molar-refractivity contribution is -0.154. The molecule has 1 N–H and O–H groups in total. The Morgan fingerprint density at radius 3 is 2.31 bits per heavy atom. The first kappa shape index (κ1) is 13.2. The Morgan fingerprint density at radius 2 is 1.94 bits per heavy atom. The lowest BCUT2D eigenvalue weighted by Gasteiger charge is -2.40. The van der Waals surface area contributed by atoms with Crippen molar-refractivity contribution >= 4 is 11.8 Å². The highest BCUT2D eigenvalue weighted by Crippen LogP contribution is 2.46. The van der Waals surface area contributed by atoms with Crippen LogP contribution in [-0.4, -0.2) is 16.9 Å². The van der Waals surface area contributed by atoms with Crippen molar-refractivity contribution in [2.75, 3.05) is 0 Å². The second kappa shape index (κ2) is 4.98. The van der Waals surface area contributed by atoms with Crippen LogP contribution in [0.15, 0.2) is 0 Å². The smallest absolute Gasteiger partial charge is 0.309 e. The maximum atomic E-state index is 11.5. The number of aliphatic carboxylic acids is 1. The number of ketones is 1. The molecule has 0 saturated heterocycles. The van der Waals surface area contributed by atoms with Gasteiger partial charge in [-0.25, -0.2) is 0 Å². The molecule has 0 amide bonds. The third-order valence-corrected chi connectivity index (χ3v) is 4.22. The van der Waals surface area contributed by atoms with E-state index in [4.69, 9.17) is 0 Å². The molecule has 0 aliphatic heterocycles. The molecule has 1 aliphatic rings. The molecule has 1 aliphatic carbocycles. The Balaban J connectivity index is 2.93. The summed E-state index contributed by atoms with van der Waals surface area (Å²) in [5, 5.41) is 9.39. The van der Waals surface area contributed by atoms with Gasteiger partial charge in [0.15, 0.2) is 0 Å². The van der Waals surface area contributed by atoms with Crippen molar-refractivity contribution in [1.82, 2.24) is 0 Å². The van der Waals surface area contributed by atoms with Crippen molar-refractivity contribution in [3.63, 3.8) is 0 Å². The fourth-order valence-corrected chi connectivity index (χ4v) is 2.91. The SMILES string of the molecule is CCC1CC(C(C)=O)CC(CC)(C(=O)O)C1. The molecule has 0 radical (unpaired) electrons. The van der Waals surface area contributed by atoms with E-state index in [0.717, 1.165) is 19.3 Å². The Kier molecular flexibility index (Phi) is 4.11. The highest BCUT2D eigenvalue weighted by molar-refractivity contribution is 5.81. The molecular weight excluding hydrogens is 204 g/mol. The van der Waals surface area contributed by atoms with Crippen molar-refractivity contribution in [2.45, 2.75) is 52.9 Å². The Bertz CT molecular complexity index is 285. The van der Waals surface area contributed by atoms with Gasteiger partial charge >= 0.3 is 5.97 Å². The molecule has 16 heavy (non-hydrogen) atoms. The highest BCUT2D eigenvalue weighted by atomic mass is 16.4. The summed E-state index contributed by atoms with van der Waals surface area (Å²) < 4.78 is 0. The van der Waals surface area contributed by atoms with Gasteiger partial charge in [0, 0.05) is 5.92 Å². The van der Waals surface area contributed by atoms with E-state index in [0.29, 0.717) is 18.8 Å². The minimum atomic E-state index is -0.723. The standard InChI is InChI=1S/C13H22O3/c1-4-10-6-11(9(3)14)8-13(5-2,7-10)12(15)16/h10-11H,4-8H2,1-3H3,(H,15,16). The summed E-state index contributed by atoms with van der Waals surface area (Å²) in [6.45, 7) is 5.59. The summed E-state index contributed by atoms with van der Waals surface area (Å²) >= 11 is 0. The van der Waals surface area contributed by atoms with Crippen LogP contribution < -0.4 is 0 Å². The van der Waals surface area contributed by atoms with Gasteiger partial charge < -0.3 is 5.11 Å². The molecule has 0 spiro atoms. The van der Waals surface area contributed by atoms with E-state index in [-0.39, 0.29) is 11.7 Å². The van der Waals surface area contributed by atoms with Gasteiger partial charge in [0.25, 0.3) is 0 Å². The summed E-state index contributed by atoms with van der Waals surface area (Å²) in [6, 6.07) is 0. The number of carboxylic acid groups (broad SMARTS) is 1. The number of rotatable bonds is 4. The first-order valence-electron chi connectivity index (χ1n) is 6.19. The maximum Gasteiger partial charge on any atom is 0.309 e. The van der Waals surface area contributed by atoms with Crippen LogP contribution in [0.3, 0.4) is 0 Å². The van der Waals surface area contributed by atoms with Gasteiger partial charge in [-0.05, 0) is 38.5 Å². The number of carboxylic acids is 1. The van der Waals surface area contributed by atoms with E-state index in [1.807, 2.05) is 6.92 Å². The summed E-state index contributed by atoms with van der Waals surface area (Å²) in [4.78, 5) is 22.9. The Hall–Kier alpha value is -0.860. The third-order valence-electron chi connectivity index (χ3n) is 4.22. The van der Waals surface area contributed by atoms with E-state index in [9.17, 15) is 14.7 Å². The van der Waals surface area contributed by atoms with Gasteiger partial charge in [0.1, 0.15) is 5.78 Å². The van der Waals surface area contributed by atoms with E-state index in [1.165, 1.54) is 0 Å². The zero-order valence-corrected chi connectivity index (χ0v) is 10.5. The minimum absolute atomic E-state index is 0.0465. The average molecular weight is 226 g/mol. The second-order valence-corrected chi connectivity index (χ2v) is 5.16. The topological polar surface area (TPSA) is 54.4 Å². The molecule has 0 aromatic rings. The van der Waals surface area contributed by atoms with Gasteiger partial charge in [0.05, 0.1) is 5.41 Å². The second-order valence-electron chi connectivity index (χ2n) is 5.16. The maximum absolute atomic E-state index is 11.5. The van der Waals surface area contributed by atoms with Crippen molar-refractivity contribution in [3.05, 3.63) is 0 Å². The van der Waals surface area contributed by atoms with Crippen LogP contribution >= 0.6 is 0 Å². The zero-order chi connectivity index (χ0) is 12.3. The molecule has 0 heterocycles. The largest absolute Gasteiger partial charge is 0.481 e. The van der Waals surface area contributed by atoms with Gasteiger partial charge in [-0.15, -0.1) is 0 Å². The van der Waals surface area contributed by atoms with Crippen molar-refractivity contribution in [1.29, 1.82) is 0 Å². The fraction of sp³-hybridized carbons (Fsp3) is 0.846. The number of hydrogen-bond donors (Lipinski definition) is 1. The monoisotopic (exact) mass is 226 g/mol. The third kappa shape index (κ3) is 2.45. The van der Waals surface area contributed by atoms with E-state index in [2.05, 4.69) is 6.92 Å². The summed E-state index contributed by atoms with van der Waals surface area (Å²) in [5.74, 6) is -0.231. The number of carbonyl (C=O) groups excluding carboxylic acids is 1. The van der Waals surface area contributed by atoms with Gasteiger partial charge in [-0.1, -0.05) is 20.3 Å². The molecule has 1 rings (SSSR count). The zero-order valence-electron chi connectivity index (χ0n) is 10.5. The van der Waals surface area contributed by atoms with Crippen molar-refractivity contribution in [3.8, 4) is 0 Å². The minimum Gasteiger partial charge on any atom is -0.481 e. The fourth-order valence-electron chi connectivity index (χ4n) is 2.91. The van der Waals surface area contributed by atoms with Crippen LogP contribution in [0.5, 0.6) is 0 Å². The molecule has 1 saturated carbocycles. The Morgan fingerprint density at radius 1 is 1.31 bits per heavy atom. The summed E-state index contributed by atoms with van der Waals surface area (Å²) in [6.07, 6.45) is 3.74. The van der Waals surface area contributed by atoms with E-state index >= 15 is 0 Å². The van der Waals surface area contributed by atoms with Crippen molar-refractivity contribution < 1.29 is 14.7 Å². The summed E-state index contributed by atoms with van der Waals surface area (Å²) in [5.41, 5.74) is -0.657. The predicted molar refractivity (Wildman–Crippen MR) is 62.2 cm³/mol. The number of Topliss-reactive ketones (excluding diaryl/α,β-unsaturated/α-hetero) is 1. The van der Waals surface area contributed by atoms with E-state index < -0.39 is 11.4 Å². The lowest BCUT2D eigenvalue weighted by Crippen LogP contribution is -2.41. The predicted octanol–water partition coefficient (Wildman–Crippen LogP) is 2.88. The molecule has 92 valence electrons. The van der Waals surface area contributed by atoms with Gasteiger partial charge in [-0.2, -0.15) is 0 Å². The van der Waals surface area contributed by atoms with Crippen LogP contribution in [0.1, 0.15) is 52.9 Å². The molecule has 3 atom stereocenters. The van der Waals surface area contributed by atoms with Crippen LogP contribution in [-0.2, 0) is 9.59 Å². The summed E-state index contributed by atoms with van der Waals surface area (Å²) in [7, 11) is 0. The van der Waals surface area contributed by atoms with Gasteiger partial charge in [-0.3, -0.25) is 9.59 Å². The first-order chi connectivity index (χ1) is 7.45. The van der Waals surface area contributed by atoms with Gasteiger partial charge in [0.2, 0.25) is 0 Å². The van der Waals surface area contributed by atoms with Crippen LogP contribution in [0.2, 0.25) is 0 Å². The molecular formula is C13H22O3. The van der Waals surface area contributed by atoms with Crippen molar-refractivity contribution in [2.24, 2.45) is 17.3 Å². The Labute approximate surface area is 97.2 Å². The number of carbonyl (C=O) groups is 2. The van der Waals surface area contributed by atoms with Crippen LogP contribution in [0, 0.1) is 17.3 Å². The first-order valence-corrected chi connectivity index (χ1v) is 6.19. The van der Waals surface area contributed by atoms with Crippen LogP contribution in [0.25, 0.3) is 0 Å². The molecule has 3 heteroatoms. The molecule has 0 aromatic heterocycles. The molecule has 3 nitrogen and oxygen atoms in total. The molecule has 0 bridgehead atoms. The normalized spacial score (nSPS) is 34.7. The quantitative estimate of drug-likeness (QED) is 0.802. The molecule has 1 fully saturated rings. The highest BCUT2D eigenvalue weighted by Gasteiger charge is 2.45. The average Bonchev–Trinajstić information content (AvgIpc) is 2.27. The lowest BCUT2D eigenvalue weighted by atomic mass is 9.63.